The van der Waals surface area contributed by atoms with Gasteiger partial charge in [0.15, 0.2) is 17.3 Å². The van der Waals surface area contributed by atoms with Crippen molar-refractivity contribution in [2.24, 2.45) is 10.8 Å². The molecular formula is C30H30Cl2O6S. The molecule has 0 spiro atoms. The van der Waals surface area contributed by atoms with Crippen LogP contribution in [0.1, 0.15) is 70.4 Å². The Morgan fingerprint density at radius 3 is 1.74 bits per heavy atom. The summed E-state index contributed by atoms with van der Waals surface area (Å²) in [6, 6.07) is 9.26. The molecule has 206 valence electrons. The highest BCUT2D eigenvalue weighted by Crippen LogP contribution is 2.54. The van der Waals surface area contributed by atoms with Crippen molar-refractivity contribution in [1.82, 2.24) is 0 Å². The van der Waals surface area contributed by atoms with Gasteiger partial charge in [-0.25, -0.2) is 0 Å². The van der Waals surface area contributed by atoms with E-state index < -0.39 is 16.0 Å². The van der Waals surface area contributed by atoms with Gasteiger partial charge in [0, 0.05) is 42.7 Å². The van der Waals surface area contributed by atoms with Crippen molar-refractivity contribution >= 4 is 44.9 Å². The normalized spacial score (nSPS) is 20.9. The van der Waals surface area contributed by atoms with Crippen LogP contribution in [0.3, 0.4) is 0 Å². The Kier molecular flexibility index (Phi) is 6.80. The van der Waals surface area contributed by atoms with E-state index in [0.29, 0.717) is 53.9 Å². The molecule has 0 amide bonds. The van der Waals surface area contributed by atoms with Gasteiger partial charge in [0.2, 0.25) is 0 Å². The summed E-state index contributed by atoms with van der Waals surface area (Å²) in [6.45, 7) is 9.91. The van der Waals surface area contributed by atoms with Crippen molar-refractivity contribution < 1.29 is 26.9 Å². The van der Waals surface area contributed by atoms with Crippen LogP contribution < -0.4 is 4.18 Å². The molecule has 6 nitrogen and oxygen atoms in total. The lowest BCUT2D eigenvalue weighted by Crippen LogP contribution is -2.37. The lowest BCUT2D eigenvalue weighted by Gasteiger charge is -2.42. The van der Waals surface area contributed by atoms with Crippen LogP contribution in [0.2, 0.25) is 10.0 Å². The predicted octanol–water partition coefficient (Wildman–Crippen LogP) is 7.47. The van der Waals surface area contributed by atoms with E-state index in [1.807, 2.05) is 34.6 Å². The van der Waals surface area contributed by atoms with Gasteiger partial charge in [-0.1, -0.05) is 68.6 Å². The average molecular weight is 590 g/mol. The maximum absolute atomic E-state index is 13.5. The molecule has 1 heterocycles. The Balaban J connectivity index is 1.61. The van der Waals surface area contributed by atoms with Crippen molar-refractivity contribution in [2.45, 2.75) is 71.1 Å². The Morgan fingerprint density at radius 1 is 0.821 bits per heavy atom. The van der Waals surface area contributed by atoms with Crippen molar-refractivity contribution in [3.05, 3.63) is 80.2 Å². The van der Waals surface area contributed by atoms with Gasteiger partial charge < -0.3 is 8.92 Å². The summed E-state index contributed by atoms with van der Waals surface area (Å²) in [5.74, 6) is 0.0222. The van der Waals surface area contributed by atoms with Gasteiger partial charge >= 0.3 is 10.1 Å². The monoisotopic (exact) mass is 588 g/mol. The second kappa shape index (κ2) is 9.50. The topological polar surface area (TPSA) is 86.7 Å². The molecular weight excluding hydrogens is 559 g/mol. The molecule has 0 unspecified atom stereocenters. The summed E-state index contributed by atoms with van der Waals surface area (Å²) < 4.78 is 37.5. The third-order valence-electron chi connectivity index (χ3n) is 7.44. The van der Waals surface area contributed by atoms with Crippen LogP contribution in [0.5, 0.6) is 5.75 Å². The van der Waals surface area contributed by atoms with Crippen molar-refractivity contribution in [1.29, 1.82) is 0 Å². The number of Topliss-reactive ketones (excluding diaryl/α,β-unsaturated/α-hetero) is 2. The van der Waals surface area contributed by atoms with Crippen molar-refractivity contribution in [2.75, 3.05) is 0 Å². The fourth-order valence-electron chi connectivity index (χ4n) is 5.70. The highest BCUT2D eigenvalue weighted by molar-refractivity contribution is 7.87. The van der Waals surface area contributed by atoms with E-state index in [-0.39, 0.29) is 43.1 Å². The van der Waals surface area contributed by atoms with Crippen LogP contribution >= 0.6 is 23.2 Å². The molecule has 2 aromatic carbocycles. The SMILES string of the molecule is Cc1ccc(S(=O)(=O)Oc2c(Cl)cc(C3C4=C(CC(C)(C)CC4=O)OC4=C3C(=O)CC(C)(C)C4)cc2Cl)cc1. The fourth-order valence-corrected chi connectivity index (χ4v) is 7.33. The van der Waals surface area contributed by atoms with Crippen LogP contribution in [0, 0.1) is 17.8 Å². The van der Waals surface area contributed by atoms with Gasteiger partial charge in [-0.15, -0.1) is 0 Å². The number of aryl methyl sites for hydroxylation is 1. The summed E-state index contributed by atoms with van der Waals surface area (Å²) >= 11 is 13.2. The zero-order chi connectivity index (χ0) is 28.5. The maximum Gasteiger partial charge on any atom is 0.339 e. The van der Waals surface area contributed by atoms with Gasteiger partial charge in [-0.3, -0.25) is 9.59 Å². The minimum Gasteiger partial charge on any atom is -0.465 e. The quantitative estimate of drug-likeness (QED) is 0.344. The first-order valence-electron chi connectivity index (χ1n) is 12.8. The van der Waals surface area contributed by atoms with Crippen LogP contribution in [0.15, 0.2) is 64.0 Å². The second-order valence-electron chi connectivity index (χ2n) is 12.3. The minimum absolute atomic E-state index is 0.0378. The van der Waals surface area contributed by atoms with Crippen molar-refractivity contribution in [3.63, 3.8) is 0 Å². The highest BCUT2D eigenvalue weighted by Gasteiger charge is 2.48. The Labute approximate surface area is 239 Å². The highest BCUT2D eigenvalue weighted by atomic mass is 35.5. The molecule has 0 bridgehead atoms. The smallest absolute Gasteiger partial charge is 0.339 e. The number of carbonyl (C=O) groups is 2. The number of rotatable bonds is 4. The molecule has 0 saturated heterocycles. The number of allylic oxidation sites excluding steroid dienone is 4. The first-order valence-corrected chi connectivity index (χ1v) is 14.9. The molecule has 2 aromatic rings. The molecule has 0 saturated carbocycles. The third-order valence-corrected chi connectivity index (χ3v) is 9.24. The Morgan fingerprint density at radius 2 is 1.28 bits per heavy atom. The van der Waals surface area contributed by atoms with Crippen LogP contribution in [0.4, 0.5) is 0 Å². The Hall–Kier alpha value is -2.61. The van der Waals surface area contributed by atoms with Gasteiger partial charge in [0.25, 0.3) is 0 Å². The average Bonchev–Trinajstić information content (AvgIpc) is 2.78. The molecule has 0 fully saturated rings. The molecule has 0 N–H and O–H groups in total. The van der Waals surface area contributed by atoms with E-state index in [1.165, 1.54) is 24.3 Å². The van der Waals surface area contributed by atoms with Gasteiger partial charge in [0.1, 0.15) is 16.4 Å². The van der Waals surface area contributed by atoms with E-state index >= 15 is 0 Å². The van der Waals surface area contributed by atoms with E-state index in [0.717, 1.165) is 5.56 Å². The lowest BCUT2D eigenvalue weighted by molar-refractivity contribution is -0.120. The van der Waals surface area contributed by atoms with E-state index in [4.69, 9.17) is 32.1 Å². The maximum atomic E-state index is 13.5. The third kappa shape index (κ3) is 5.29. The molecule has 39 heavy (non-hydrogen) atoms. The molecule has 2 aliphatic carbocycles. The Bertz CT molecular complexity index is 1500. The number of ketones is 2. The number of benzene rings is 2. The van der Waals surface area contributed by atoms with Gasteiger partial charge in [0.05, 0.1) is 10.0 Å². The summed E-state index contributed by atoms with van der Waals surface area (Å²) in [7, 11) is -4.21. The van der Waals surface area contributed by atoms with Crippen molar-refractivity contribution in [3.8, 4) is 5.75 Å². The molecule has 0 aromatic heterocycles. The van der Waals surface area contributed by atoms with E-state index in [2.05, 4.69) is 0 Å². The largest absolute Gasteiger partial charge is 0.465 e. The van der Waals surface area contributed by atoms with Crippen LogP contribution in [-0.4, -0.2) is 20.0 Å². The zero-order valence-corrected chi connectivity index (χ0v) is 24.8. The molecule has 0 atom stereocenters. The number of hydrogen-bond acceptors (Lipinski definition) is 6. The summed E-state index contributed by atoms with van der Waals surface area (Å²) in [5.41, 5.74) is 1.71. The molecule has 5 rings (SSSR count). The number of halogens is 2. The zero-order valence-electron chi connectivity index (χ0n) is 22.5. The first kappa shape index (κ1) is 27.9. The first-order chi connectivity index (χ1) is 18.1. The van der Waals surface area contributed by atoms with E-state index in [9.17, 15) is 18.0 Å². The summed E-state index contributed by atoms with van der Waals surface area (Å²) in [5, 5.41) is -0.0905. The van der Waals surface area contributed by atoms with Crippen LogP contribution in [-0.2, 0) is 24.4 Å². The standard InChI is InChI=1S/C30H30Cl2O6S/c1-16-6-8-18(9-7-16)39(35,36)38-28-19(31)10-17(11-20(28)32)25-26-21(33)12-29(2,3)14-23(26)37-24-15-30(4,5)13-22(34)27(24)25/h6-11,25H,12-15H2,1-5H3. The summed E-state index contributed by atoms with van der Waals surface area (Å²) in [6.07, 6.45) is 1.72. The second-order valence-corrected chi connectivity index (χ2v) is 14.6. The molecule has 0 radical (unpaired) electrons. The van der Waals surface area contributed by atoms with E-state index in [1.54, 1.807) is 12.1 Å². The van der Waals surface area contributed by atoms with Gasteiger partial charge in [-0.2, -0.15) is 8.42 Å². The molecule has 1 aliphatic heterocycles. The lowest BCUT2D eigenvalue weighted by atomic mass is 9.65. The predicted molar refractivity (Wildman–Crippen MR) is 149 cm³/mol. The van der Waals surface area contributed by atoms with Gasteiger partial charge in [-0.05, 0) is 47.6 Å². The summed E-state index contributed by atoms with van der Waals surface area (Å²) in [4.78, 5) is 27.0. The molecule has 3 aliphatic rings. The van der Waals surface area contributed by atoms with Crippen LogP contribution in [0.25, 0.3) is 0 Å². The minimum atomic E-state index is -4.21. The number of hydrogen-bond donors (Lipinski definition) is 0. The molecule has 9 heteroatoms. The number of ether oxygens (including phenoxy) is 1. The fraction of sp³-hybridized carbons (Fsp3) is 0.400. The number of carbonyl (C=O) groups excluding carboxylic acids is 2.